The number of H-pyrrole nitrogens is 1. The normalized spacial score (nSPS) is 11.3. The summed E-state index contributed by atoms with van der Waals surface area (Å²) in [5.74, 6) is 1.20. The number of alkyl halides is 2. The van der Waals surface area contributed by atoms with Crippen molar-refractivity contribution in [2.24, 2.45) is 5.10 Å². The number of ether oxygens (including phenoxy) is 2. The lowest BCUT2D eigenvalue weighted by Gasteiger charge is -2.07. The van der Waals surface area contributed by atoms with Gasteiger partial charge in [0.2, 0.25) is 4.77 Å². The summed E-state index contributed by atoms with van der Waals surface area (Å²) in [6.07, 6.45) is 1.62. The Morgan fingerprint density at radius 2 is 1.96 bits per heavy atom. The van der Waals surface area contributed by atoms with Crippen molar-refractivity contribution < 1.29 is 18.3 Å². The molecule has 3 aromatic rings. The molecule has 9 heteroatoms. The smallest absolute Gasteiger partial charge is 0.387 e. The molecule has 0 aliphatic carbocycles. The minimum Gasteiger partial charge on any atom is -0.493 e. The number of para-hydroxylation sites is 1. The SMILES string of the molecule is CCOc1ccccc1C=Nn1c(-c2ccc(OC(F)F)cc2)n[nH]c1=S. The van der Waals surface area contributed by atoms with Crippen molar-refractivity contribution >= 4 is 18.4 Å². The number of aromatic amines is 1. The van der Waals surface area contributed by atoms with E-state index < -0.39 is 6.61 Å². The molecule has 0 amide bonds. The average molecular weight is 390 g/mol. The number of benzene rings is 2. The number of nitrogens with one attached hydrogen (secondary N) is 1. The summed E-state index contributed by atoms with van der Waals surface area (Å²) in [4.78, 5) is 0. The monoisotopic (exact) mass is 390 g/mol. The van der Waals surface area contributed by atoms with Crippen LogP contribution in [-0.4, -0.2) is 34.3 Å². The third-order valence-electron chi connectivity index (χ3n) is 3.52. The molecule has 1 heterocycles. The third kappa shape index (κ3) is 4.56. The maximum absolute atomic E-state index is 12.3. The van der Waals surface area contributed by atoms with Crippen molar-refractivity contribution in [2.75, 3.05) is 6.61 Å². The van der Waals surface area contributed by atoms with E-state index in [1.807, 2.05) is 31.2 Å². The number of hydrogen-bond donors (Lipinski definition) is 1. The van der Waals surface area contributed by atoms with Crippen LogP contribution in [0.2, 0.25) is 0 Å². The van der Waals surface area contributed by atoms with Crippen LogP contribution in [0.1, 0.15) is 12.5 Å². The number of nitrogens with zero attached hydrogens (tertiary/aromatic N) is 3. The topological polar surface area (TPSA) is 64.4 Å². The number of hydrogen-bond acceptors (Lipinski definition) is 5. The molecule has 0 aliphatic heterocycles. The molecule has 0 saturated carbocycles. The highest BCUT2D eigenvalue weighted by molar-refractivity contribution is 7.71. The Balaban J connectivity index is 1.90. The predicted octanol–water partition coefficient (Wildman–Crippen LogP) is 4.49. The van der Waals surface area contributed by atoms with E-state index in [2.05, 4.69) is 20.0 Å². The standard InChI is InChI=1S/C18H16F2N4O2S/c1-2-25-15-6-4-3-5-13(15)11-21-24-16(22-23-18(24)27)12-7-9-14(10-8-12)26-17(19)20/h3-11,17H,2H2,1H3,(H,23,27). The Labute approximate surface area is 159 Å². The van der Waals surface area contributed by atoms with Gasteiger partial charge >= 0.3 is 6.61 Å². The van der Waals surface area contributed by atoms with Gasteiger partial charge in [-0.15, -0.1) is 0 Å². The highest BCUT2D eigenvalue weighted by atomic mass is 32.1. The summed E-state index contributed by atoms with van der Waals surface area (Å²) in [7, 11) is 0. The maximum atomic E-state index is 12.3. The molecule has 140 valence electrons. The van der Waals surface area contributed by atoms with Crippen LogP contribution in [0.25, 0.3) is 11.4 Å². The lowest BCUT2D eigenvalue weighted by molar-refractivity contribution is -0.0498. The van der Waals surface area contributed by atoms with Crippen molar-refractivity contribution in [2.45, 2.75) is 13.5 Å². The Morgan fingerprint density at radius 3 is 2.67 bits per heavy atom. The summed E-state index contributed by atoms with van der Waals surface area (Å²) in [6.45, 7) is -0.436. The molecule has 0 aliphatic rings. The largest absolute Gasteiger partial charge is 0.493 e. The zero-order valence-electron chi connectivity index (χ0n) is 14.3. The average Bonchev–Trinajstić information content (AvgIpc) is 3.02. The Bertz CT molecular complexity index is 984. The van der Waals surface area contributed by atoms with Crippen molar-refractivity contribution in [3.63, 3.8) is 0 Å². The van der Waals surface area contributed by atoms with Crippen molar-refractivity contribution in [3.05, 3.63) is 58.9 Å². The number of rotatable bonds is 7. The Kier molecular flexibility index (Phi) is 5.92. The molecule has 0 bridgehead atoms. The van der Waals surface area contributed by atoms with E-state index in [9.17, 15) is 8.78 Å². The quantitative estimate of drug-likeness (QED) is 0.477. The van der Waals surface area contributed by atoms with Crippen LogP contribution in [0.3, 0.4) is 0 Å². The molecule has 0 atom stereocenters. The van der Waals surface area contributed by atoms with Gasteiger partial charge in [-0.05, 0) is 55.5 Å². The van der Waals surface area contributed by atoms with Crippen LogP contribution in [0, 0.1) is 4.77 Å². The van der Waals surface area contributed by atoms with Crippen LogP contribution in [0.4, 0.5) is 8.78 Å². The van der Waals surface area contributed by atoms with Crippen molar-refractivity contribution in [1.82, 2.24) is 14.9 Å². The van der Waals surface area contributed by atoms with Gasteiger partial charge in [0, 0.05) is 11.1 Å². The summed E-state index contributed by atoms with van der Waals surface area (Å²) >= 11 is 5.23. The van der Waals surface area contributed by atoms with Gasteiger partial charge < -0.3 is 9.47 Å². The molecule has 0 spiro atoms. The second-order valence-electron chi connectivity index (χ2n) is 5.28. The van der Waals surface area contributed by atoms with Gasteiger partial charge in [0.15, 0.2) is 5.82 Å². The molecule has 0 saturated heterocycles. The molecule has 0 unspecified atom stereocenters. The fourth-order valence-electron chi connectivity index (χ4n) is 2.37. The third-order valence-corrected chi connectivity index (χ3v) is 3.78. The van der Waals surface area contributed by atoms with Gasteiger partial charge in [-0.25, -0.2) is 5.10 Å². The highest BCUT2D eigenvalue weighted by Gasteiger charge is 2.10. The summed E-state index contributed by atoms with van der Waals surface area (Å²) in [6, 6.07) is 13.5. The molecule has 0 fully saturated rings. The molecule has 6 nitrogen and oxygen atoms in total. The molecule has 1 N–H and O–H groups in total. The first kappa shape index (κ1) is 18.7. The van der Waals surface area contributed by atoms with Gasteiger partial charge in [0.1, 0.15) is 11.5 Å². The van der Waals surface area contributed by atoms with E-state index in [-0.39, 0.29) is 5.75 Å². The van der Waals surface area contributed by atoms with Gasteiger partial charge in [-0.3, -0.25) is 0 Å². The van der Waals surface area contributed by atoms with Crippen molar-refractivity contribution in [3.8, 4) is 22.9 Å². The molecular weight excluding hydrogens is 374 g/mol. The molecule has 0 radical (unpaired) electrons. The molecule has 1 aromatic heterocycles. The van der Waals surface area contributed by atoms with E-state index in [1.54, 1.807) is 18.3 Å². The lowest BCUT2D eigenvalue weighted by atomic mass is 10.2. The summed E-state index contributed by atoms with van der Waals surface area (Å²) in [5, 5.41) is 11.2. The first-order valence-corrected chi connectivity index (χ1v) is 8.48. The molecule has 27 heavy (non-hydrogen) atoms. The first-order chi connectivity index (χ1) is 13.1. The fourth-order valence-corrected chi connectivity index (χ4v) is 2.54. The lowest BCUT2D eigenvalue weighted by Crippen LogP contribution is -2.01. The van der Waals surface area contributed by atoms with E-state index >= 15 is 0 Å². The van der Waals surface area contributed by atoms with Crippen LogP contribution in [0.15, 0.2) is 53.6 Å². The zero-order chi connectivity index (χ0) is 19.2. The second kappa shape index (κ2) is 8.54. The fraction of sp³-hybridized carbons (Fsp3) is 0.167. The van der Waals surface area contributed by atoms with Crippen LogP contribution in [0.5, 0.6) is 11.5 Å². The van der Waals surface area contributed by atoms with Crippen LogP contribution >= 0.6 is 12.2 Å². The van der Waals surface area contributed by atoms with Gasteiger partial charge in [-0.2, -0.15) is 23.7 Å². The van der Waals surface area contributed by atoms with Gasteiger partial charge in [-0.1, -0.05) is 12.1 Å². The number of aromatic nitrogens is 3. The second-order valence-corrected chi connectivity index (χ2v) is 5.67. The van der Waals surface area contributed by atoms with E-state index in [1.165, 1.54) is 16.8 Å². The summed E-state index contributed by atoms with van der Waals surface area (Å²) in [5.41, 5.74) is 1.42. The van der Waals surface area contributed by atoms with E-state index in [0.29, 0.717) is 28.5 Å². The first-order valence-electron chi connectivity index (χ1n) is 8.07. The Hall–Kier alpha value is -3.07. The molecule has 3 rings (SSSR count). The van der Waals surface area contributed by atoms with Gasteiger partial charge in [0.05, 0.1) is 12.8 Å². The zero-order valence-corrected chi connectivity index (χ0v) is 15.1. The van der Waals surface area contributed by atoms with E-state index in [0.717, 1.165) is 5.56 Å². The Morgan fingerprint density at radius 1 is 1.22 bits per heavy atom. The molecular formula is C18H16F2N4O2S. The highest BCUT2D eigenvalue weighted by Crippen LogP contribution is 2.22. The van der Waals surface area contributed by atoms with Crippen molar-refractivity contribution in [1.29, 1.82) is 0 Å². The summed E-state index contributed by atoms with van der Waals surface area (Å²) < 4.78 is 36.2. The number of halogens is 2. The van der Waals surface area contributed by atoms with Crippen LogP contribution < -0.4 is 9.47 Å². The maximum Gasteiger partial charge on any atom is 0.387 e. The minimum absolute atomic E-state index is 0.0589. The predicted molar refractivity (Wildman–Crippen MR) is 100 cm³/mol. The van der Waals surface area contributed by atoms with Gasteiger partial charge in [0.25, 0.3) is 0 Å². The van der Waals surface area contributed by atoms with Crippen LogP contribution in [-0.2, 0) is 0 Å². The van der Waals surface area contributed by atoms with E-state index in [4.69, 9.17) is 17.0 Å². The minimum atomic E-state index is -2.87. The molecule has 2 aromatic carbocycles.